The first-order valence-corrected chi connectivity index (χ1v) is 9.74. The predicted molar refractivity (Wildman–Crippen MR) is 98.5 cm³/mol. The molecule has 0 amide bonds. The summed E-state index contributed by atoms with van der Waals surface area (Å²) in [5.74, 6) is -0.451. The van der Waals surface area contributed by atoms with Crippen LogP contribution in [0.25, 0.3) is 0 Å². The van der Waals surface area contributed by atoms with E-state index in [4.69, 9.17) is 36.1 Å². The Bertz CT molecular complexity index is 612. The monoisotopic (exact) mass is 437 g/mol. The topological polar surface area (TPSA) is 236 Å². The van der Waals surface area contributed by atoms with E-state index in [0.717, 1.165) is 6.08 Å². The fraction of sp³-hybridized carbons (Fsp3) is 0.882. The van der Waals surface area contributed by atoms with E-state index in [-0.39, 0.29) is 13.0 Å². The van der Waals surface area contributed by atoms with Gasteiger partial charge in [-0.3, -0.25) is 0 Å². The van der Waals surface area contributed by atoms with E-state index in [0.29, 0.717) is 0 Å². The Morgan fingerprint density at radius 3 is 2.23 bits per heavy atom. The Kier molecular flexibility index (Phi) is 7.66. The average Bonchev–Trinajstić information content (AvgIpc) is 2.98. The molecule has 3 rings (SSSR count). The summed E-state index contributed by atoms with van der Waals surface area (Å²) in [6.45, 7) is -0.640. The second kappa shape index (κ2) is 9.68. The maximum atomic E-state index is 10.6. The van der Waals surface area contributed by atoms with Gasteiger partial charge in [0.1, 0.15) is 48.5 Å². The van der Waals surface area contributed by atoms with Crippen molar-refractivity contribution >= 4 is 0 Å². The van der Waals surface area contributed by atoms with Gasteiger partial charge in [0.15, 0.2) is 12.6 Å². The molecule has 0 spiro atoms. The molecule has 0 aromatic carbocycles. The normalized spacial score (nSPS) is 49.8. The van der Waals surface area contributed by atoms with Crippen LogP contribution >= 0.6 is 0 Å². The van der Waals surface area contributed by atoms with E-state index >= 15 is 0 Å². The van der Waals surface area contributed by atoms with Crippen LogP contribution in [0.3, 0.4) is 0 Å². The van der Waals surface area contributed by atoms with E-state index in [9.17, 15) is 30.6 Å². The number of hydrogen-bond acceptors (Lipinski definition) is 13. The van der Waals surface area contributed by atoms with Gasteiger partial charge >= 0.3 is 0 Å². The third-order valence-electron chi connectivity index (χ3n) is 5.65. The van der Waals surface area contributed by atoms with Crippen LogP contribution in [0.1, 0.15) is 6.42 Å². The van der Waals surface area contributed by atoms with E-state index < -0.39 is 85.9 Å². The summed E-state index contributed by atoms with van der Waals surface area (Å²) >= 11 is 0. The Morgan fingerprint density at radius 1 is 0.933 bits per heavy atom. The first-order chi connectivity index (χ1) is 14.2. The van der Waals surface area contributed by atoms with Crippen molar-refractivity contribution < 1.29 is 49.6 Å². The summed E-state index contributed by atoms with van der Waals surface area (Å²) in [5.41, 5.74) is 17.6. The quantitative estimate of drug-likeness (QED) is 0.190. The van der Waals surface area contributed by atoms with Crippen LogP contribution in [0.2, 0.25) is 0 Å². The SMILES string of the molecule is NC[C@H]1O[C@@H](OC2[C@H](O[C@@H]3C=C(O)[C@H](O)C(CO)O3)C(N)C[C@@H](N)[C@H]2O)[C@@H](O)C1O. The molecule has 0 bridgehead atoms. The zero-order valence-electron chi connectivity index (χ0n) is 16.2. The van der Waals surface area contributed by atoms with Gasteiger partial charge < -0.3 is 66.8 Å². The Morgan fingerprint density at radius 2 is 1.63 bits per heavy atom. The molecule has 1 saturated carbocycles. The van der Waals surface area contributed by atoms with Crippen molar-refractivity contribution in [1.82, 2.24) is 0 Å². The third-order valence-corrected chi connectivity index (χ3v) is 5.65. The van der Waals surface area contributed by atoms with Gasteiger partial charge in [0.05, 0.1) is 12.7 Å². The maximum absolute atomic E-state index is 10.6. The van der Waals surface area contributed by atoms with Gasteiger partial charge in [0, 0.05) is 24.7 Å². The van der Waals surface area contributed by atoms with Crippen molar-refractivity contribution in [2.45, 2.75) is 79.9 Å². The molecule has 1 saturated heterocycles. The lowest BCUT2D eigenvalue weighted by Crippen LogP contribution is -2.64. The molecule has 13 nitrogen and oxygen atoms in total. The number of ether oxygens (including phenoxy) is 4. The van der Waals surface area contributed by atoms with Gasteiger partial charge in [0.25, 0.3) is 0 Å². The molecule has 4 unspecified atom stereocenters. The summed E-state index contributed by atoms with van der Waals surface area (Å²) in [4.78, 5) is 0. The Hall–Kier alpha value is -0.940. The van der Waals surface area contributed by atoms with Crippen LogP contribution in [0, 0.1) is 0 Å². The van der Waals surface area contributed by atoms with Crippen molar-refractivity contribution in [2.24, 2.45) is 17.2 Å². The van der Waals surface area contributed by atoms with Crippen molar-refractivity contribution in [3.05, 3.63) is 11.8 Å². The zero-order valence-corrected chi connectivity index (χ0v) is 16.2. The molecular weight excluding hydrogens is 406 g/mol. The van der Waals surface area contributed by atoms with Gasteiger partial charge in [-0.05, 0) is 6.42 Å². The van der Waals surface area contributed by atoms with Crippen LogP contribution in [0.15, 0.2) is 11.8 Å². The van der Waals surface area contributed by atoms with Crippen molar-refractivity contribution in [3.8, 4) is 0 Å². The van der Waals surface area contributed by atoms with Gasteiger partial charge in [-0.25, -0.2) is 0 Å². The van der Waals surface area contributed by atoms with Crippen LogP contribution in [-0.2, 0) is 18.9 Å². The van der Waals surface area contributed by atoms with Gasteiger partial charge in [0.2, 0.25) is 0 Å². The van der Waals surface area contributed by atoms with Crippen LogP contribution in [0.4, 0.5) is 0 Å². The standard InChI is InChI=1S/C17H31N3O10/c18-3-8-13(25)14(26)17(28-8)30-16-11(23)5(19)1-6(20)15(16)29-10-2-7(22)12(24)9(4-21)27-10/h2,5-6,8-17,21-26H,1,3-4,18-20H2/t5-,6?,8-,9?,10-,11-,12+,13?,14+,15-,16?,17+/m1/s1. The zero-order chi connectivity index (χ0) is 22.2. The minimum atomic E-state index is -1.43. The lowest BCUT2D eigenvalue weighted by atomic mass is 9.84. The summed E-state index contributed by atoms with van der Waals surface area (Å²) in [5, 5.41) is 59.7. The van der Waals surface area contributed by atoms with Gasteiger partial charge in [-0.15, -0.1) is 0 Å². The van der Waals surface area contributed by atoms with E-state index in [1.807, 2.05) is 0 Å². The second-order valence-electron chi connectivity index (χ2n) is 7.78. The minimum Gasteiger partial charge on any atom is -0.510 e. The number of nitrogens with two attached hydrogens (primary N) is 3. The number of aliphatic hydroxyl groups excluding tert-OH is 6. The molecule has 0 radical (unpaired) electrons. The largest absolute Gasteiger partial charge is 0.510 e. The van der Waals surface area contributed by atoms with Crippen LogP contribution in [-0.4, -0.2) is 117 Å². The Labute approximate surface area is 172 Å². The molecular formula is C17H31N3O10. The second-order valence-corrected chi connectivity index (χ2v) is 7.78. The first-order valence-electron chi connectivity index (χ1n) is 9.74. The minimum absolute atomic E-state index is 0.0604. The van der Waals surface area contributed by atoms with Crippen molar-refractivity contribution in [2.75, 3.05) is 13.2 Å². The molecule has 2 fully saturated rings. The summed E-state index contributed by atoms with van der Waals surface area (Å²) in [6, 6.07) is -1.50. The highest BCUT2D eigenvalue weighted by Gasteiger charge is 2.50. The highest BCUT2D eigenvalue weighted by atomic mass is 16.7. The lowest BCUT2D eigenvalue weighted by Gasteiger charge is -2.44. The highest BCUT2D eigenvalue weighted by molar-refractivity contribution is 5.08. The van der Waals surface area contributed by atoms with E-state index in [1.54, 1.807) is 0 Å². The molecule has 12 atom stereocenters. The van der Waals surface area contributed by atoms with Crippen molar-refractivity contribution in [1.29, 1.82) is 0 Å². The Balaban J connectivity index is 1.77. The number of aliphatic hydroxyl groups is 6. The van der Waals surface area contributed by atoms with E-state index in [2.05, 4.69) is 0 Å². The van der Waals surface area contributed by atoms with Crippen molar-refractivity contribution in [3.63, 3.8) is 0 Å². The molecule has 2 heterocycles. The number of rotatable bonds is 6. The summed E-state index contributed by atoms with van der Waals surface area (Å²) in [7, 11) is 0. The molecule has 3 aliphatic rings. The first kappa shape index (κ1) is 23.7. The molecule has 2 aliphatic heterocycles. The molecule has 0 aromatic rings. The molecule has 13 heteroatoms. The summed E-state index contributed by atoms with van der Waals surface area (Å²) < 4.78 is 22.3. The molecule has 12 N–H and O–H groups in total. The molecule has 1 aliphatic carbocycles. The highest BCUT2D eigenvalue weighted by Crippen LogP contribution is 2.31. The molecule has 30 heavy (non-hydrogen) atoms. The van der Waals surface area contributed by atoms with Gasteiger partial charge in [-0.1, -0.05) is 0 Å². The maximum Gasteiger partial charge on any atom is 0.187 e. The summed E-state index contributed by atoms with van der Waals surface area (Å²) in [6.07, 6.45) is -10.9. The number of hydrogen-bond donors (Lipinski definition) is 9. The third kappa shape index (κ3) is 4.62. The molecule has 0 aromatic heterocycles. The van der Waals surface area contributed by atoms with E-state index in [1.165, 1.54) is 0 Å². The smallest absolute Gasteiger partial charge is 0.187 e. The van der Waals surface area contributed by atoms with Gasteiger partial charge in [-0.2, -0.15) is 0 Å². The predicted octanol–water partition coefficient (Wildman–Crippen LogP) is -4.90. The van der Waals surface area contributed by atoms with Crippen LogP contribution in [0.5, 0.6) is 0 Å². The molecule has 174 valence electrons. The fourth-order valence-corrected chi connectivity index (χ4v) is 3.87. The van der Waals surface area contributed by atoms with Crippen LogP contribution < -0.4 is 17.2 Å². The fourth-order valence-electron chi connectivity index (χ4n) is 3.87. The average molecular weight is 437 g/mol. The lowest BCUT2D eigenvalue weighted by molar-refractivity contribution is -0.277.